The van der Waals surface area contributed by atoms with Gasteiger partial charge in [0.05, 0.1) is 12.5 Å². The molecule has 0 aromatic carbocycles. The maximum atomic E-state index is 11.1. The van der Waals surface area contributed by atoms with Gasteiger partial charge in [-0.25, -0.2) is 0 Å². The highest BCUT2D eigenvalue weighted by Gasteiger charge is 2.30. The fraction of sp³-hybridized carbons (Fsp3) is 0.625. The van der Waals surface area contributed by atoms with Crippen LogP contribution >= 0.6 is 0 Å². The minimum absolute atomic E-state index is 0.460. The molecular formula is C8H12O6. The van der Waals surface area contributed by atoms with E-state index in [1.54, 1.807) is 13.8 Å². The highest BCUT2D eigenvalue weighted by Crippen LogP contribution is 2.08. The monoisotopic (exact) mass is 204 g/mol. The quantitative estimate of drug-likeness (QED) is 0.487. The molecule has 0 aromatic heterocycles. The van der Waals surface area contributed by atoms with Crippen LogP contribution in [0.5, 0.6) is 0 Å². The lowest BCUT2D eigenvalue weighted by Gasteiger charge is -2.12. The summed E-state index contributed by atoms with van der Waals surface area (Å²) in [5.41, 5.74) is 0. The maximum Gasteiger partial charge on any atom is 0.321 e. The van der Waals surface area contributed by atoms with E-state index in [2.05, 4.69) is 4.74 Å². The highest BCUT2D eigenvalue weighted by atomic mass is 16.5. The zero-order chi connectivity index (χ0) is 11.3. The van der Waals surface area contributed by atoms with Crippen molar-refractivity contribution in [3.05, 3.63) is 0 Å². The fourth-order valence-electron chi connectivity index (χ4n) is 0.761. The van der Waals surface area contributed by atoms with Gasteiger partial charge in [-0.1, -0.05) is 0 Å². The minimum atomic E-state index is -1.63. The third-order valence-electron chi connectivity index (χ3n) is 1.31. The molecule has 0 saturated carbocycles. The van der Waals surface area contributed by atoms with Gasteiger partial charge >= 0.3 is 17.9 Å². The lowest BCUT2D eigenvalue weighted by Crippen LogP contribution is -2.29. The number of carbonyl (C=O) groups is 3. The van der Waals surface area contributed by atoms with Crippen molar-refractivity contribution < 1.29 is 29.3 Å². The largest absolute Gasteiger partial charge is 0.481 e. The number of aliphatic carboxylic acids is 2. The van der Waals surface area contributed by atoms with Crippen LogP contribution in [0.1, 0.15) is 20.3 Å². The number of carboxylic acid groups (broad SMARTS) is 2. The van der Waals surface area contributed by atoms with Gasteiger partial charge < -0.3 is 14.9 Å². The summed E-state index contributed by atoms with van der Waals surface area (Å²) in [5.74, 6) is -5.49. The molecule has 0 heterocycles. The first-order valence-electron chi connectivity index (χ1n) is 3.99. The zero-order valence-electron chi connectivity index (χ0n) is 7.89. The summed E-state index contributed by atoms with van der Waals surface area (Å²) in [4.78, 5) is 31.8. The number of hydrogen-bond acceptors (Lipinski definition) is 4. The molecule has 0 aliphatic carbocycles. The Morgan fingerprint density at radius 2 is 1.71 bits per heavy atom. The van der Waals surface area contributed by atoms with Crippen molar-refractivity contribution >= 4 is 17.9 Å². The molecule has 0 bridgehead atoms. The van der Waals surface area contributed by atoms with Crippen molar-refractivity contribution in [2.24, 2.45) is 5.92 Å². The molecule has 1 atom stereocenters. The molecule has 0 amide bonds. The third-order valence-corrected chi connectivity index (χ3v) is 1.31. The molecule has 0 fully saturated rings. The first-order chi connectivity index (χ1) is 6.34. The predicted molar refractivity (Wildman–Crippen MR) is 44.6 cm³/mol. The zero-order valence-corrected chi connectivity index (χ0v) is 7.89. The minimum Gasteiger partial charge on any atom is -0.481 e. The molecule has 6 nitrogen and oxygen atoms in total. The summed E-state index contributed by atoms with van der Waals surface area (Å²) in [6, 6.07) is 0. The van der Waals surface area contributed by atoms with E-state index in [0.29, 0.717) is 0 Å². The van der Waals surface area contributed by atoms with E-state index in [1.807, 2.05) is 0 Å². The Labute approximate surface area is 80.5 Å². The van der Waals surface area contributed by atoms with Crippen molar-refractivity contribution in [3.63, 3.8) is 0 Å². The van der Waals surface area contributed by atoms with Crippen LogP contribution in [0.15, 0.2) is 0 Å². The Bertz CT molecular complexity index is 244. The fourth-order valence-corrected chi connectivity index (χ4v) is 0.761. The van der Waals surface area contributed by atoms with Crippen LogP contribution in [-0.2, 0) is 19.1 Å². The van der Waals surface area contributed by atoms with Gasteiger partial charge in [-0.05, 0) is 13.8 Å². The lowest BCUT2D eigenvalue weighted by molar-refractivity contribution is -0.164. The van der Waals surface area contributed by atoms with Gasteiger partial charge in [-0.3, -0.25) is 14.4 Å². The van der Waals surface area contributed by atoms with Gasteiger partial charge in [0.15, 0.2) is 5.92 Å². The summed E-state index contributed by atoms with van der Waals surface area (Å²) in [6.45, 7) is 3.11. The smallest absolute Gasteiger partial charge is 0.321 e. The van der Waals surface area contributed by atoms with Gasteiger partial charge in [-0.2, -0.15) is 0 Å². The van der Waals surface area contributed by atoms with Crippen LogP contribution in [-0.4, -0.2) is 34.2 Å². The van der Waals surface area contributed by atoms with Crippen LogP contribution in [0, 0.1) is 5.92 Å². The number of carbonyl (C=O) groups excluding carboxylic acids is 1. The van der Waals surface area contributed by atoms with Crippen LogP contribution in [0.3, 0.4) is 0 Å². The van der Waals surface area contributed by atoms with Crippen molar-refractivity contribution in [2.75, 3.05) is 0 Å². The number of esters is 1. The van der Waals surface area contributed by atoms with E-state index in [4.69, 9.17) is 10.2 Å². The van der Waals surface area contributed by atoms with Gasteiger partial charge in [0, 0.05) is 0 Å². The van der Waals surface area contributed by atoms with Crippen LogP contribution in [0.25, 0.3) is 0 Å². The normalized spacial score (nSPS) is 12.2. The average molecular weight is 204 g/mol. The third kappa shape index (κ3) is 4.44. The topological polar surface area (TPSA) is 101 Å². The Hall–Kier alpha value is -1.59. The second kappa shape index (κ2) is 5.21. The Morgan fingerprint density at radius 1 is 1.21 bits per heavy atom. The van der Waals surface area contributed by atoms with E-state index in [1.165, 1.54) is 0 Å². The van der Waals surface area contributed by atoms with Crippen LogP contribution < -0.4 is 0 Å². The van der Waals surface area contributed by atoms with E-state index >= 15 is 0 Å². The van der Waals surface area contributed by atoms with Gasteiger partial charge in [0.2, 0.25) is 0 Å². The van der Waals surface area contributed by atoms with Crippen LogP contribution in [0.2, 0.25) is 0 Å². The van der Waals surface area contributed by atoms with E-state index in [9.17, 15) is 14.4 Å². The molecule has 0 saturated heterocycles. The Kier molecular flexibility index (Phi) is 4.62. The summed E-state index contributed by atoms with van der Waals surface area (Å²) in [7, 11) is 0. The van der Waals surface area contributed by atoms with Crippen LogP contribution in [0.4, 0.5) is 0 Å². The van der Waals surface area contributed by atoms with Crippen molar-refractivity contribution in [3.8, 4) is 0 Å². The summed E-state index contributed by atoms with van der Waals surface area (Å²) in [6.07, 6.45) is -1.22. The molecule has 6 heteroatoms. The van der Waals surface area contributed by atoms with E-state index in [-0.39, 0.29) is 0 Å². The number of hydrogen-bond donors (Lipinski definition) is 2. The second-order valence-electron chi connectivity index (χ2n) is 2.97. The molecule has 14 heavy (non-hydrogen) atoms. The molecule has 0 radical (unpaired) electrons. The molecule has 0 spiro atoms. The SMILES string of the molecule is CC(C)OC(=O)C(CC(=O)O)C(=O)O. The van der Waals surface area contributed by atoms with Crippen molar-refractivity contribution in [1.29, 1.82) is 0 Å². The maximum absolute atomic E-state index is 11.1. The average Bonchev–Trinajstić information content (AvgIpc) is 1.97. The number of ether oxygens (including phenoxy) is 1. The highest BCUT2D eigenvalue weighted by molar-refractivity contribution is 5.97. The summed E-state index contributed by atoms with van der Waals surface area (Å²) in [5, 5.41) is 16.9. The molecule has 0 aliphatic heterocycles. The first kappa shape index (κ1) is 12.4. The van der Waals surface area contributed by atoms with Gasteiger partial charge in [0.25, 0.3) is 0 Å². The lowest BCUT2D eigenvalue weighted by atomic mass is 10.1. The second-order valence-corrected chi connectivity index (χ2v) is 2.97. The Balaban J connectivity index is 4.41. The van der Waals surface area contributed by atoms with Gasteiger partial charge in [-0.15, -0.1) is 0 Å². The van der Waals surface area contributed by atoms with Crippen molar-refractivity contribution in [1.82, 2.24) is 0 Å². The number of carboxylic acids is 2. The van der Waals surface area contributed by atoms with E-state index in [0.717, 1.165) is 0 Å². The first-order valence-corrected chi connectivity index (χ1v) is 3.99. The summed E-state index contributed by atoms with van der Waals surface area (Å²) >= 11 is 0. The molecule has 0 rings (SSSR count). The standard InChI is InChI=1S/C8H12O6/c1-4(2)14-8(13)5(7(11)12)3-6(9)10/h4-5H,3H2,1-2H3,(H,9,10)(H,11,12). The molecule has 1 unspecified atom stereocenters. The molecule has 0 aliphatic rings. The summed E-state index contributed by atoms with van der Waals surface area (Å²) < 4.78 is 4.59. The number of rotatable bonds is 5. The van der Waals surface area contributed by atoms with Crippen molar-refractivity contribution in [2.45, 2.75) is 26.4 Å². The molecule has 2 N–H and O–H groups in total. The molecule has 80 valence electrons. The molecule has 0 aromatic rings. The Morgan fingerprint density at radius 3 is 2.00 bits per heavy atom. The molecular weight excluding hydrogens is 192 g/mol. The predicted octanol–water partition coefficient (Wildman–Crippen LogP) is 0.114. The van der Waals surface area contributed by atoms with Gasteiger partial charge in [0.1, 0.15) is 0 Å². The van der Waals surface area contributed by atoms with E-state index < -0.39 is 36.4 Å².